The molecule has 2 aromatic heterocycles. The molecule has 2 N–H and O–H groups in total. The summed E-state index contributed by atoms with van der Waals surface area (Å²) in [7, 11) is 0. The van der Waals surface area contributed by atoms with Gasteiger partial charge in [-0.15, -0.1) is 34.7 Å². The van der Waals surface area contributed by atoms with Crippen LogP contribution in [0.15, 0.2) is 46.1 Å². The van der Waals surface area contributed by atoms with Gasteiger partial charge in [0.15, 0.2) is 4.34 Å². The normalized spacial score (nSPS) is 12.4. The molecule has 12 heteroatoms. The van der Waals surface area contributed by atoms with Crippen molar-refractivity contribution < 1.29 is 22.7 Å². The van der Waals surface area contributed by atoms with E-state index < -0.39 is 11.6 Å². The fourth-order valence-electron chi connectivity index (χ4n) is 2.26. The number of carbonyl (C=O) groups excluding carboxylic acids is 1. The average molecular weight is 475 g/mol. The van der Waals surface area contributed by atoms with Gasteiger partial charge in [0.1, 0.15) is 5.75 Å². The molecule has 2 heterocycles. The van der Waals surface area contributed by atoms with Crippen molar-refractivity contribution in [1.82, 2.24) is 10.2 Å². The summed E-state index contributed by atoms with van der Waals surface area (Å²) in [6, 6.07) is 9.05. The van der Waals surface area contributed by atoms with E-state index in [1.807, 2.05) is 11.4 Å². The van der Waals surface area contributed by atoms with Crippen LogP contribution in [0.3, 0.4) is 0 Å². The highest BCUT2D eigenvalue weighted by Gasteiger charge is 2.31. The molecule has 0 radical (unpaired) electrons. The van der Waals surface area contributed by atoms with E-state index in [0.29, 0.717) is 15.2 Å². The van der Waals surface area contributed by atoms with Crippen molar-refractivity contribution in [3.63, 3.8) is 0 Å². The van der Waals surface area contributed by atoms with Crippen molar-refractivity contribution in [3.05, 3.63) is 46.7 Å². The van der Waals surface area contributed by atoms with Crippen molar-refractivity contribution in [2.24, 2.45) is 0 Å². The summed E-state index contributed by atoms with van der Waals surface area (Å²) < 4.78 is 41.0. The maximum Gasteiger partial charge on any atom is 0.573 e. The van der Waals surface area contributed by atoms with Gasteiger partial charge in [0.25, 0.3) is 0 Å². The van der Waals surface area contributed by atoms with Gasteiger partial charge in [0, 0.05) is 17.1 Å². The van der Waals surface area contributed by atoms with Gasteiger partial charge in [-0.2, -0.15) is 0 Å². The molecule has 3 rings (SSSR count). The average Bonchev–Trinajstić information content (AvgIpc) is 3.34. The quantitative estimate of drug-likeness (QED) is 0.412. The number of benzene rings is 1. The molecular weight excluding hydrogens is 457 g/mol. The Bertz CT molecular complexity index is 946. The largest absolute Gasteiger partial charge is 0.573 e. The Hall–Kier alpha value is -2.31. The minimum atomic E-state index is -4.75. The van der Waals surface area contributed by atoms with Crippen molar-refractivity contribution in [3.8, 4) is 5.75 Å². The number of halogens is 3. The number of thiophene rings is 1. The first-order valence-electron chi connectivity index (χ1n) is 8.71. The Morgan fingerprint density at radius 1 is 1.23 bits per heavy atom. The van der Waals surface area contributed by atoms with E-state index in [0.717, 1.165) is 25.1 Å². The molecule has 1 amide bonds. The van der Waals surface area contributed by atoms with Gasteiger partial charge in [-0.1, -0.05) is 29.2 Å². The van der Waals surface area contributed by atoms with E-state index in [1.165, 1.54) is 40.1 Å². The van der Waals surface area contributed by atoms with Gasteiger partial charge >= 0.3 is 6.36 Å². The second-order valence-electron chi connectivity index (χ2n) is 5.95. The Morgan fingerprint density at radius 2 is 2.00 bits per heavy atom. The van der Waals surface area contributed by atoms with Gasteiger partial charge in [-0.25, -0.2) is 0 Å². The van der Waals surface area contributed by atoms with Crippen molar-refractivity contribution in [2.75, 3.05) is 17.2 Å². The van der Waals surface area contributed by atoms with Crippen LogP contribution in [0.25, 0.3) is 0 Å². The highest BCUT2D eigenvalue weighted by atomic mass is 32.2. The smallest absolute Gasteiger partial charge is 0.406 e. The molecule has 0 spiro atoms. The summed E-state index contributed by atoms with van der Waals surface area (Å²) in [6.45, 7) is 2.45. The number of thioether (sulfide) groups is 1. The highest BCUT2D eigenvalue weighted by Crippen LogP contribution is 2.30. The van der Waals surface area contributed by atoms with E-state index in [2.05, 4.69) is 31.6 Å². The minimum Gasteiger partial charge on any atom is -0.406 e. The second kappa shape index (κ2) is 10.1. The fraction of sp³-hybridized carbons (Fsp3) is 0.278. The molecule has 1 aromatic carbocycles. The standard InChI is InChI=1S/C18H17F3N4O2S3/c1-11(15(26)23-12-4-6-13(7-5-12)27-18(19,20)21)29-17-25-24-16(30-17)22-9-8-14-3-2-10-28-14/h2-7,10-11H,8-9H2,1H3,(H,22,24)(H,23,26). The molecule has 30 heavy (non-hydrogen) atoms. The molecular formula is C18H17F3N4O2S3. The van der Waals surface area contributed by atoms with Crippen LogP contribution in [0, 0.1) is 0 Å². The first-order chi connectivity index (χ1) is 14.3. The Labute approximate surface area is 182 Å². The van der Waals surface area contributed by atoms with Gasteiger partial charge in [0.05, 0.1) is 5.25 Å². The van der Waals surface area contributed by atoms with Gasteiger partial charge in [-0.3, -0.25) is 4.79 Å². The van der Waals surface area contributed by atoms with E-state index in [9.17, 15) is 18.0 Å². The number of nitrogens with one attached hydrogen (secondary N) is 2. The summed E-state index contributed by atoms with van der Waals surface area (Å²) in [5.74, 6) is -0.650. The molecule has 160 valence electrons. The zero-order valence-electron chi connectivity index (χ0n) is 15.6. The van der Waals surface area contributed by atoms with E-state index in [-0.39, 0.29) is 11.7 Å². The summed E-state index contributed by atoms with van der Waals surface area (Å²) in [5.41, 5.74) is 0.371. The predicted octanol–water partition coefficient (Wildman–Crippen LogP) is 5.27. The summed E-state index contributed by atoms with van der Waals surface area (Å²) in [6.07, 6.45) is -3.86. The van der Waals surface area contributed by atoms with Crippen molar-refractivity contribution >= 4 is 51.2 Å². The van der Waals surface area contributed by atoms with E-state index >= 15 is 0 Å². The van der Waals surface area contributed by atoms with Gasteiger partial charge in [0.2, 0.25) is 11.0 Å². The number of rotatable bonds is 9. The number of hydrogen-bond acceptors (Lipinski definition) is 8. The van der Waals surface area contributed by atoms with Crippen LogP contribution in [0.1, 0.15) is 11.8 Å². The lowest BCUT2D eigenvalue weighted by molar-refractivity contribution is -0.274. The van der Waals surface area contributed by atoms with Crippen molar-refractivity contribution in [2.45, 2.75) is 29.3 Å². The Morgan fingerprint density at radius 3 is 2.67 bits per heavy atom. The van der Waals surface area contributed by atoms with Crippen LogP contribution in [-0.4, -0.2) is 34.3 Å². The third-order valence-electron chi connectivity index (χ3n) is 3.64. The van der Waals surface area contributed by atoms with Gasteiger partial charge in [-0.05, 0) is 49.1 Å². The third kappa shape index (κ3) is 7.18. The lowest BCUT2D eigenvalue weighted by Crippen LogP contribution is -2.22. The fourth-order valence-corrected chi connectivity index (χ4v) is 4.90. The summed E-state index contributed by atoms with van der Waals surface area (Å²) >= 11 is 4.32. The lowest BCUT2D eigenvalue weighted by Gasteiger charge is -2.12. The molecule has 0 aliphatic rings. The zero-order chi connectivity index (χ0) is 21.6. The molecule has 0 saturated heterocycles. The highest BCUT2D eigenvalue weighted by molar-refractivity contribution is 8.02. The molecule has 6 nitrogen and oxygen atoms in total. The van der Waals surface area contributed by atoms with Crippen molar-refractivity contribution in [1.29, 1.82) is 0 Å². The molecule has 1 unspecified atom stereocenters. The SMILES string of the molecule is CC(Sc1nnc(NCCc2cccs2)s1)C(=O)Nc1ccc(OC(F)(F)F)cc1. The van der Waals surface area contributed by atoms with Crippen LogP contribution in [0.4, 0.5) is 24.0 Å². The summed E-state index contributed by atoms with van der Waals surface area (Å²) in [4.78, 5) is 13.6. The first-order valence-corrected chi connectivity index (χ1v) is 11.3. The number of ether oxygens (including phenoxy) is 1. The van der Waals surface area contributed by atoms with Crippen LogP contribution in [0.2, 0.25) is 0 Å². The van der Waals surface area contributed by atoms with Crippen LogP contribution in [-0.2, 0) is 11.2 Å². The molecule has 0 bridgehead atoms. The molecule has 0 fully saturated rings. The number of aromatic nitrogens is 2. The predicted molar refractivity (Wildman–Crippen MR) is 113 cm³/mol. The van der Waals surface area contributed by atoms with E-state index in [4.69, 9.17) is 0 Å². The lowest BCUT2D eigenvalue weighted by atomic mass is 10.3. The monoisotopic (exact) mass is 474 g/mol. The maximum absolute atomic E-state index is 12.3. The van der Waals surface area contributed by atoms with Crippen LogP contribution >= 0.6 is 34.4 Å². The number of amides is 1. The second-order valence-corrected chi connectivity index (χ2v) is 9.55. The third-order valence-corrected chi connectivity index (χ3v) is 6.64. The molecule has 0 saturated carbocycles. The topological polar surface area (TPSA) is 76.1 Å². The molecule has 1 atom stereocenters. The number of hydrogen-bond donors (Lipinski definition) is 2. The van der Waals surface area contributed by atoms with Crippen LogP contribution in [0.5, 0.6) is 5.75 Å². The first kappa shape index (κ1) is 22.4. The molecule has 3 aromatic rings. The number of carbonyl (C=O) groups is 1. The number of nitrogens with zero attached hydrogens (tertiary/aromatic N) is 2. The number of alkyl halides is 3. The number of anilines is 2. The van der Waals surface area contributed by atoms with Gasteiger partial charge < -0.3 is 15.4 Å². The molecule has 0 aliphatic carbocycles. The zero-order valence-corrected chi connectivity index (χ0v) is 18.1. The Balaban J connectivity index is 1.45. The van der Waals surface area contributed by atoms with E-state index in [1.54, 1.807) is 18.3 Å². The molecule has 0 aliphatic heterocycles. The minimum absolute atomic E-state index is 0.299. The Kier molecular flexibility index (Phi) is 7.56. The summed E-state index contributed by atoms with van der Waals surface area (Å²) in [5, 5.41) is 16.3. The maximum atomic E-state index is 12.3. The van der Waals surface area contributed by atoms with Crippen LogP contribution < -0.4 is 15.4 Å².